The zero-order valence-electron chi connectivity index (χ0n) is 14.5. The molecular weight excluding hydrogens is 407 g/mol. The van der Waals surface area contributed by atoms with Crippen molar-refractivity contribution in [3.8, 4) is 34.5 Å². The van der Waals surface area contributed by atoms with Gasteiger partial charge in [-0.3, -0.25) is 0 Å². The molecule has 3 rings (SSSR count). The van der Waals surface area contributed by atoms with Gasteiger partial charge in [0.15, 0.2) is 11.5 Å². The van der Waals surface area contributed by atoms with Crippen LogP contribution in [-0.4, -0.2) is 32.6 Å². The lowest BCUT2D eigenvalue weighted by Crippen LogP contribution is -2.05. The minimum atomic E-state index is -0.814. The maximum absolute atomic E-state index is 10.4. The Bertz CT molecular complexity index is 994. The second-order valence-electron chi connectivity index (χ2n) is 6.09. The van der Waals surface area contributed by atoms with Gasteiger partial charge in [0.05, 0.1) is 17.2 Å². The topological polar surface area (TPSA) is 110 Å². The summed E-state index contributed by atoms with van der Waals surface area (Å²) in [5.41, 5.74) is 1.03. The summed E-state index contributed by atoms with van der Waals surface area (Å²) in [4.78, 5) is 0. The summed E-state index contributed by atoms with van der Waals surface area (Å²) in [5, 5.41) is 50.3. The molecule has 0 aliphatic carbocycles. The first-order valence-corrected chi connectivity index (χ1v) is 8.78. The van der Waals surface area contributed by atoms with Gasteiger partial charge >= 0.3 is 0 Å². The first-order valence-electron chi connectivity index (χ1n) is 8.02. The SMILES string of the molecule is COc1cc(C(c2cc(Cl)c(O)cc2O)c2cc(Cl)c(O)cc2O)ccc1O. The molecule has 0 bridgehead atoms. The Hall–Kier alpha value is -2.96. The van der Waals surface area contributed by atoms with Crippen molar-refractivity contribution in [1.82, 2.24) is 0 Å². The van der Waals surface area contributed by atoms with Crippen molar-refractivity contribution in [2.24, 2.45) is 0 Å². The van der Waals surface area contributed by atoms with Gasteiger partial charge in [0.2, 0.25) is 0 Å². The number of benzene rings is 3. The number of methoxy groups -OCH3 is 1. The van der Waals surface area contributed by atoms with E-state index < -0.39 is 5.92 Å². The lowest BCUT2D eigenvalue weighted by molar-refractivity contribution is 0.373. The molecule has 3 aromatic carbocycles. The van der Waals surface area contributed by atoms with Crippen LogP contribution in [0.1, 0.15) is 22.6 Å². The Labute approximate surface area is 170 Å². The molecule has 28 heavy (non-hydrogen) atoms. The maximum Gasteiger partial charge on any atom is 0.160 e. The van der Waals surface area contributed by atoms with Gasteiger partial charge in [-0.05, 0) is 29.8 Å². The molecule has 8 heteroatoms. The smallest absolute Gasteiger partial charge is 0.160 e. The van der Waals surface area contributed by atoms with Crippen molar-refractivity contribution < 1.29 is 30.3 Å². The molecule has 0 unspecified atom stereocenters. The van der Waals surface area contributed by atoms with Crippen LogP contribution in [-0.2, 0) is 0 Å². The normalized spacial score (nSPS) is 11.0. The Kier molecular flexibility index (Phi) is 5.36. The molecule has 3 aromatic rings. The van der Waals surface area contributed by atoms with E-state index in [0.717, 1.165) is 12.1 Å². The monoisotopic (exact) mass is 422 g/mol. The lowest BCUT2D eigenvalue weighted by Gasteiger charge is -2.22. The van der Waals surface area contributed by atoms with Crippen molar-refractivity contribution in [3.63, 3.8) is 0 Å². The summed E-state index contributed by atoms with van der Waals surface area (Å²) in [7, 11) is 1.39. The van der Waals surface area contributed by atoms with Crippen LogP contribution in [0.4, 0.5) is 0 Å². The summed E-state index contributed by atoms with van der Waals surface area (Å²) in [6.45, 7) is 0. The van der Waals surface area contributed by atoms with E-state index in [-0.39, 0.29) is 55.7 Å². The summed E-state index contributed by atoms with van der Waals surface area (Å²) in [5.74, 6) is -1.89. The van der Waals surface area contributed by atoms with Crippen LogP contribution in [0.15, 0.2) is 42.5 Å². The summed E-state index contributed by atoms with van der Waals surface area (Å²) >= 11 is 12.1. The second-order valence-corrected chi connectivity index (χ2v) is 6.90. The molecule has 0 radical (unpaired) electrons. The predicted molar refractivity (Wildman–Crippen MR) is 105 cm³/mol. The number of phenolic OH excluding ortho intramolecular Hbond substituents is 5. The molecule has 0 amide bonds. The highest BCUT2D eigenvalue weighted by Gasteiger charge is 2.26. The molecule has 6 nitrogen and oxygen atoms in total. The van der Waals surface area contributed by atoms with Crippen LogP contribution in [0.25, 0.3) is 0 Å². The summed E-state index contributed by atoms with van der Waals surface area (Å²) in [6.07, 6.45) is 0. The fraction of sp³-hybridized carbons (Fsp3) is 0.100. The highest BCUT2D eigenvalue weighted by molar-refractivity contribution is 6.32. The molecule has 0 aliphatic heterocycles. The fourth-order valence-corrected chi connectivity index (χ4v) is 3.34. The van der Waals surface area contributed by atoms with Crippen LogP contribution in [0.5, 0.6) is 34.5 Å². The third kappa shape index (κ3) is 3.56. The number of aromatic hydroxyl groups is 5. The fourth-order valence-electron chi connectivity index (χ4n) is 3.00. The highest BCUT2D eigenvalue weighted by Crippen LogP contribution is 2.46. The molecule has 0 atom stereocenters. The lowest BCUT2D eigenvalue weighted by atomic mass is 9.83. The zero-order chi connectivity index (χ0) is 20.6. The molecule has 0 aromatic heterocycles. The van der Waals surface area contributed by atoms with Crippen LogP contribution < -0.4 is 4.74 Å². The molecule has 0 aliphatic rings. The van der Waals surface area contributed by atoms with Crippen LogP contribution in [0, 0.1) is 0 Å². The molecule has 146 valence electrons. The predicted octanol–water partition coefficient (Wildman–Crippen LogP) is 4.71. The summed E-state index contributed by atoms with van der Waals surface area (Å²) in [6, 6.07) is 9.39. The third-order valence-corrected chi connectivity index (χ3v) is 4.96. The van der Waals surface area contributed by atoms with E-state index in [9.17, 15) is 25.5 Å². The van der Waals surface area contributed by atoms with E-state index in [2.05, 4.69) is 0 Å². The van der Waals surface area contributed by atoms with Gasteiger partial charge < -0.3 is 30.3 Å². The van der Waals surface area contributed by atoms with Gasteiger partial charge in [0.1, 0.15) is 23.0 Å². The number of hydrogen-bond donors (Lipinski definition) is 5. The van der Waals surface area contributed by atoms with Crippen LogP contribution in [0.2, 0.25) is 10.0 Å². The Morgan fingerprint density at radius 3 is 1.64 bits per heavy atom. The zero-order valence-corrected chi connectivity index (χ0v) is 16.0. The number of hydrogen-bond acceptors (Lipinski definition) is 6. The minimum Gasteiger partial charge on any atom is -0.507 e. The molecule has 5 N–H and O–H groups in total. The Morgan fingerprint density at radius 2 is 1.18 bits per heavy atom. The van der Waals surface area contributed by atoms with Crippen molar-refractivity contribution >= 4 is 23.2 Å². The van der Waals surface area contributed by atoms with Gasteiger partial charge in [-0.1, -0.05) is 29.3 Å². The standard InChI is InChI=1S/C20H16Cl2O6/c1-28-19-4-9(2-3-14(19)23)20(10-5-12(21)17(26)7-15(10)24)11-6-13(22)18(27)8-16(11)25/h2-8,20,23-27H,1H3. The van der Waals surface area contributed by atoms with Gasteiger partial charge in [0.25, 0.3) is 0 Å². The van der Waals surface area contributed by atoms with Crippen LogP contribution in [0.3, 0.4) is 0 Å². The maximum atomic E-state index is 10.4. The van der Waals surface area contributed by atoms with E-state index in [1.54, 1.807) is 6.07 Å². The van der Waals surface area contributed by atoms with E-state index in [0.29, 0.717) is 5.56 Å². The minimum absolute atomic E-state index is 0.00657. The Balaban J connectivity index is 2.32. The number of phenols is 5. The average Bonchev–Trinajstić information content (AvgIpc) is 2.64. The van der Waals surface area contributed by atoms with Crippen molar-refractivity contribution in [3.05, 3.63) is 69.2 Å². The molecule has 0 fully saturated rings. The molecule has 0 heterocycles. The quantitative estimate of drug-likeness (QED) is 0.389. The third-order valence-electron chi connectivity index (χ3n) is 4.35. The van der Waals surface area contributed by atoms with Gasteiger partial charge in [0, 0.05) is 29.2 Å². The summed E-state index contributed by atoms with van der Waals surface area (Å²) < 4.78 is 5.15. The first-order chi connectivity index (χ1) is 13.2. The molecule has 0 spiro atoms. The van der Waals surface area contributed by atoms with Crippen molar-refractivity contribution in [2.45, 2.75) is 5.92 Å². The number of ether oxygens (including phenoxy) is 1. The highest BCUT2D eigenvalue weighted by atomic mass is 35.5. The molecule has 0 saturated carbocycles. The molecule has 0 saturated heterocycles. The van der Waals surface area contributed by atoms with E-state index in [1.165, 1.54) is 31.4 Å². The van der Waals surface area contributed by atoms with Crippen LogP contribution >= 0.6 is 23.2 Å². The van der Waals surface area contributed by atoms with Gasteiger partial charge in [-0.2, -0.15) is 0 Å². The number of rotatable bonds is 4. The first kappa shape index (κ1) is 19.8. The van der Waals surface area contributed by atoms with Crippen molar-refractivity contribution in [1.29, 1.82) is 0 Å². The largest absolute Gasteiger partial charge is 0.507 e. The number of halogens is 2. The van der Waals surface area contributed by atoms with Crippen molar-refractivity contribution in [2.75, 3.05) is 7.11 Å². The second kappa shape index (κ2) is 7.58. The average molecular weight is 423 g/mol. The van der Waals surface area contributed by atoms with E-state index in [4.69, 9.17) is 27.9 Å². The van der Waals surface area contributed by atoms with Gasteiger partial charge in [-0.25, -0.2) is 0 Å². The van der Waals surface area contributed by atoms with Gasteiger partial charge in [-0.15, -0.1) is 0 Å². The van der Waals surface area contributed by atoms with E-state index >= 15 is 0 Å². The molecular formula is C20H16Cl2O6. The Morgan fingerprint density at radius 1 is 0.679 bits per heavy atom. The van der Waals surface area contributed by atoms with E-state index in [1.807, 2.05) is 0 Å².